The van der Waals surface area contributed by atoms with Crippen molar-refractivity contribution in [2.45, 2.75) is 32.4 Å². The van der Waals surface area contributed by atoms with Gasteiger partial charge in [-0.2, -0.15) is 0 Å². The van der Waals surface area contributed by atoms with E-state index in [1.807, 2.05) is 6.07 Å². The minimum Gasteiger partial charge on any atom is -0.311 e. The van der Waals surface area contributed by atoms with E-state index in [0.717, 1.165) is 18.7 Å². The van der Waals surface area contributed by atoms with Gasteiger partial charge in [0.05, 0.1) is 0 Å². The van der Waals surface area contributed by atoms with E-state index < -0.39 is 0 Å². The molecule has 1 unspecified atom stereocenters. The third-order valence-electron chi connectivity index (χ3n) is 3.54. The number of hydrogen-bond acceptors (Lipinski definition) is 2. The van der Waals surface area contributed by atoms with E-state index in [1.165, 1.54) is 31.5 Å². The molecule has 18 heavy (non-hydrogen) atoms. The lowest BCUT2D eigenvalue weighted by molar-refractivity contribution is 0.260. The Morgan fingerprint density at radius 2 is 2.28 bits per heavy atom. The van der Waals surface area contributed by atoms with Crippen LogP contribution in [0.25, 0.3) is 0 Å². The van der Waals surface area contributed by atoms with Gasteiger partial charge >= 0.3 is 0 Å². The summed E-state index contributed by atoms with van der Waals surface area (Å²) in [6, 6.07) is 5.30. The highest BCUT2D eigenvalue weighted by molar-refractivity contribution is 6.30. The molecule has 1 aliphatic rings. The van der Waals surface area contributed by atoms with Crippen LogP contribution in [0, 0.1) is 5.82 Å². The number of hydrogen-bond donors (Lipinski definition) is 1. The van der Waals surface area contributed by atoms with Crippen molar-refractivity contribution >= 4 is 11.6 Å². The van der Waals surface area contributed by atoms with E-state index in [9.17, 15) is 4.39 Å². The SMILES string of the molecule is CCN1CCCC1CNCc1cc(F)cc(Cl)c1. The Morgan fingerprint density at radius 3 is 3.00 bits per heavy atom. The lowest BCUT2D eigenvalue weighted by atomic mass is 10.2. The highest BCUT2D eigenvalue weighted by atomic mass is 35.5. The molecule has 100 valence electrons. The molecule has 0 spiro atoms. The minimum absolute atomic E-state index is 0.268. The Bertz CT molecular complexity index is 377. The molecule has 2 nitrogen and oxygen atoms in total. The van der Waals surface area contributed by atoms with Gasteiger partial charge < -0.3 is 5.32 Å². The average Bonchev–Trinajstić information content (AvgIpc) is 2.75. The number of rotatable bonds is 5. The maximum Gasteiger partial charge on any atom is 0.125 e. The Kier molecular flexibility index (Phi) is 4.98. The molecular weight excluding hydrogens is 251 g/mol. The second kappa shape index (κ2) is 6.50. The fourth-order valence-corrected chi connectivity index (χ4v) is 2.88. The Hall–Kier alpha value is -0.640. The van der Waals surface area contributed by atoms with Gasteiger partial charge in [0.1, 0.15) is 5.82 Å². The number of likely N-dealkylation sites (N-methyl/N-ethyl adjacent to an activating group) is 1. The molecule has 0 radical (unpaired) electrons. The first-order chi connectivity index (χ1) is 8.69. The zero-order valence-corrected chi connectivity index (χ0v) is 11.5. The molecular formula is C14H20ClFN2. The molecule has 0 aromatic heterocycles. The summed E-state index contributed by atoms with van der Waals surface area (Å²) in [6.45, 7) is 6.14. The number of likely N-dealkylation sites (tertiary alicyclic amines) is 1. The minimum atomic E-state index is -0.268. The molecule has 0 amide bonds. The van der Waals surface area contributed by atoms with Crippen LogP contribution < -0.4 is 5.32 Å². The first-order valence-corrected chi connectivity index (χ1v) is 6.96. The van der Waals surface area contributed by atoms with Crippen LogP contribution in [0.5, 0.6) is 0 Å². The summed E-state index contributed by atoms with van der Waals surface area (Å²) in [7, 11) is 0. The quantitative estimate of drug-likeness (QED) is 0.885. The van der Waals surface area contributed by atoms with Crippen LogP contribution in [0.4, 0.5) is 4.39 Å². The third-order valence-corrected chi connectivity index (χ3v) is 3.75. The second-order valence-electron chi connectivity index (χ2n) is 4.83. The highest BCUT2D eigenvalue weighted by Crippen LogP contribution is 2.16. The molecule has 1 aromatic rings. The third kappa shape index (κ3) is 3.67. The average molecular weight is 271 g/mol. The molecule has 1 atom stereocenters. The summed E-state index contributed by atoms with van der Waals surface area (Å²) in [5.74, 6) is -0.268. The fourth-order valence-electron chi connectivity index (χ4n) is 2.64. The summed E-state index contributed by atoms with van der Waals surface area (Å²) in [5.41, 5.74) is 0.904. The van der Waals surface area contributed by atoms with E-state index in [1.54, 1.807) is 0 Å². The summed E-state index contributed by atoms with van der Waals surface area (Å²) in [4.78, 5) is 2.49. The molecule has 1 saturated heterocycles. The molecule has 0 aliphatic carbocycles. The maximum atomic E-state index is 13.2. The van der Waals surface area contributed by atoms with Crippen LogP contribution in [0.3, 0.4) is 0 Å². The first kappa shape index (κ1) is 13.8. The smallest absolute Gasteiger partial charge is 0.125 e. The van der Waals surface area contributed by atoms with Crippen molar-refractivity contribution in [2.75, 3.05) is 19.6 Å². The van der Waals surface area contributed by atoms with Gasteiger partial charge in [0, 0.05) is 24.2 Å². The first-order valence-electron chi connectivity index (χ1n) is 6.58. The van der Waals surface area contributed by atoms with E-state index in [0.29, 0.717) is 17.6 Å². The molecule has 4 heteroatoms. The highest BCUT2D eigenvalue weighted by Gasteiger charge is 2.21. The monoisotopic (exact) mass is 270 g/mol. The van der Waals surface area contributed by atoms with E-state index in [-0.39, 0.29) is 5.82 Å². The van der Waals surface area contributed by atoms with Crippen molar-refractivity contribution in [3.8, 4) is 0 Å². The van der Waals surface area contributed by atoms with Crippen molar-refractivity contribution < 1.29 is 4.39 Å². The molecule has 1 fully saturated rings. The van der Waals surface area contributed by atoms with Crippen molar-refractivity contribution in [3.63, 3.8) is 0 Å². The largest absolute Gasteiger partial charge is 0.311 e. The van der Waals surface area contributed by atoms with E-state index in [2.05, 4.69) is 17.1 Å². The van der Waals surface area contributed by atoms with Crippen LogP contribution in [-0.4, -0.2) is 30.6 Å². The van der Waals surface area contributed by atoms with E-state index in [4.69, 9.17) is 11.6 Å². The number of benzene rings is 1. The molecule has 2 rings (SSSR count). The van der Waals surface area contributed by atoms with Gasteiger partial charge in [-0.15, -0.1) is 0 Å². The van der Waals surface area contributed by atoms with Gasteiger partial charge in [0.25, 0.3) is 0 Å². The van der Waals surface area contributed by atoms with E-state index >= 15 is 0 Å². The van der Waals surface area contributed by atoms with Gasteiger partial charge in [-0.1, -0.05) is 18.5 Å². The molecule has 1 aliphatic heterocycles. The van der Waals surface area contributed by atoms with Gasteiger partial charge in [-0.3, -0.25) is 4.90 Å². The van der Waals surface area contributed by atoms with Gasteiger partial charge in [0.15, 0.2) is 0 Å². The molecule has 0 saturated carbocycles. The number of halogens is 2. The Labute approximate surface area is 113 Å². The lowest BCUT2D eigenvalue weighted by Crippen LogP contribution is -2.37. The molecule has 0 bridgehead atoms. The van der Waals surface area contributed by atoms with Gasteiger partial charge in [0.2, 0.25) is 0 Å². The van der Waals surface area contributed by atoms with Crippen molar-refractivity contribution in [1.29, 1.82) is 0 Å². The molecule has 1 N–H and O–H groups in total. The lowest BCUT2D eigenvalue weighted by Gasteiger charge is -2.23. The van der Waals surface area contributed by atoms with Crippen LogP contribution >= 0.6 is 11.6 Å². The zero-order chi connectivity index (χ0) is 13.0. The Morgan fingerprint density at radius 1 is 1.44 bits per heavy atom. The zero-order valence-electron chi connectivity index (χ0n) is 10.8. The van der Waals surface area contributed by atoms with Crippen LogP contribution in [-0.2, 0) is 6.54 Å². The van der Waals surface area contributed by atoms with Crippen LogP contribution in [0.1, 0.15) is 25.3 Å². The molecule has 1 aromatic carbocycles. The van der Waals surface area contributed by atoms with Gasteiger partial charge in [-0.05, 0) is 49.7 Å². The van der Waals surface area contributed by atoms with Crippen molar-refractivity contribution in [2.24, 2.45) is 0 Å². The summed E-state index contributed by atoms with van der Waals surface area (Å²) < 4.78 is 13.2. The predicted molar refractivity (Wildman–Crippen MR) is 73.4 cm³/mol. The normalized spacial score (nSPS) is 20.5. The summed E-state index contributed by atoms with van der Waals surface area (Å²) >= 11 is 5.83. The Balaban J connectivity index is 1.81. The summed E-state index contributed by atoms with van der Waals surface area (Å²) in [6.07, 6.45) is 2.54. The summed E-state index contributed by atoms with van der Waals surface area (Å²) in [5, 5.41) is 3.86. The van der Waals surface area contributed by atoms with Crippen LogP contribution in [0.15, 0.2) is 18.2 Å². The predicted octanol–water partition coefficient (Wildman–Crippen LogP) is 3.05. The number of nitrogens with zero attached hydrogens (tertiary/aromatic N) is 1. The standard InChI is InChI=1S/C14H20ClFN2/c1-2-18-5-3-4-14(18)10-17-9-11-6-12(15)8-13(16)7-11/h6-8,14,17H,2-5,9-10H2,1H3. The topological polar surface area (TPSA) is 15.3 Å². The van der Waals surface area contributed by atoms with Gasteiger partial charge in [-0.25, -0.2) is 4.39 Å². The second-order valence-corrected chi connectivity index (χ2v) is 5.27. The van der Waals surface area contributed by atoms with Crippen molar-refractivity contribution in [1.82, 2.24) is 10.2 Å². The van der Waals surface area contributed by atoms with Crippen molar-refractivity contribution in [3.05, 3.63) is 34.6 Å². The molecule has 1 heterocycles. The van der Waals surface area contributed by atoms with Crippen LogP contribution in [0.2, 0.25) is 5.02 Å². The fraction of sp³-hybridized carbons (Fsp3) is 0.571. The maximum absolute atomic E-state index is 13.2. The number of nitrogens with one attached hydrogen (secondary N) is 1.